The van der Waals surface area contributed by atoms with E-state index in [9.17, 15) is 4.79 Å². The number of nitrogens with zero attached hydrogens (tertiary/aromatic N) is 1. The molecule has 106 valence electrons. The van der Waals surface area contributed by atoms with Crippen LogP contribution in [0.15, 0.2) is 45.7 Å². The summed E-state index contributed by atoms with van der Waals surface area (Å²) in [7, 11) is 0. The first-order chi connectivity index (χ1) is 9.77. The van der Waals surface area contributed by atoms with Gasteiger partial charge in [0.05, 0.1) is 11.8 Å². The average Bonchev–Trinajstić information content (AvgIpc) is 2.96. The second-order valence-corrected chi connectivity index (χ2v) is 4.83. The summed E-state index contributed by atoms with van der Waals surface area (Å²) in [5.74, 6) is 0.657. The summed E-state index contributed by atoms with van der Waals surface area (Å²) >= 11 is 3.25. The predicted molar refractivity (Wildman–Crippen MR) is 77.3 cm³/mol. The molecule has 1 N–H and O–H groups in total. The summed E-state index contributed by atoms with van der Waals surface area (Å²) in [6.45, 7) is 1.57. The van der Waals surface area contributed by atoms with Gasteiger partial charge < -0.3 is 14.5 Å². The van der Waals surface area contributed by atoms with Crippen molar-refractivity contribution in [1.82, 2.24) is 10.3 Å². The van der Waals surface area contributed by atoms with Crippen LogP contribution in [-0.2, 0) is 11.3 Å². The Bertz CT molecular complexity index is 543. The molecule has 2 rings (SSSR count). The summed E-state index contributed by atoms with van der Waals surface area (Å²) in [5, 5.41) is 2.82. The normalized spacial score (nSPS) is 10.4. The fourth-order valence-electron chi connectivity index (χ4n) is 1.59. The highest BCUT2D eigenvalue weighted by atomic mass is 79.9. The van der Waals surface area contributed by atoms with E-state index in [2.05, 4.69) is 26.2 Å². The van der Waals surface area contributed by atoms with Crippen LogP contribution in [0.4, 0.5) is 0 Å². The van der Waals surface area contributed by atoms with Gasteiger partial charge >= 0.3 is 0 Å². The van der Waals surface area contributed by atoms with Gasteiger partial charge in [0.25, 0.3) is 5.91 Å². The van der Waals surface area contributed by atoms with E-state index in [4.69, 9.17) is 9.15 Å². The lowest BCUT2D eigenvalue weighted by atomic mass is 10.2. The van der Waals surface area contributed by atoms with Crippen molar-refractivity contribution in [2.75, 3.05) is 13.2 Å². The van der Waals surface area contributed by atoms with Gasteiger partial charge in [-0.2, -0.15) is 0 Å². The lowest BCUT2D eigenvalue weighted by Gasteiger charge is -2.06. The molecule has 0 aromatic carbocycles. The second-order valence-electron chi connectivity index (χ2n) is 4.08. The number of amides is 1. The Labute approximate surface area is 125 Å². The molecule has 0 saturated heterocycles. The minimum absolute atomic E-state index is 0.143. The van der Waals surface area contributed by atoms with Crippen LogP contribution in [0.3, 0.4) is 0 Å². The van der Waals surface area contributed by atoms with Crippen LogP contribution in [0, 0.1) is 0 Å². The average molecular weight is 339 g/mol. The summed E-state index contributed by atoms with van der Waals surface area (Å²) in [5.41, 5.74) is 0.531. The van der Waals surface area contributed by atoms with Gasteiger partial charge in [0.1, 0.15) is 17.0 Å². The molecule has 0 saturated carbocycles. The smallest absolute Gasteiger partial charge is 0.254 e. The molecule has 2 aromatic heterocycles. The van der Waals surface area contributed by atoms with E-state index < -0.39 is 0 Å². The van der Waals surface area contributed by atoms with Crippen LogP contribution >= 0.6 is 15.9 Å². The van der Waals surface area contributed by atoms with Gasteiger partial charge in [0.2, 0.25) is 0 Å². The lowest BCUT2D eigenvalue weighted by molar-refractivity contribution is 0.0916. The molecule has 20 heavy (non-hydrogen) atoms. The first kappa shape index (κ1) is 14.7. The standard InChI is InChI=1S/C14H15BrN2O3/c15-13-12(5-1-6-16-13)14(18)17-7-3-8-19-10-11-4-2-9-20-11/h1-2,4-6,9H,3,7-8,10H2,(H,17,18). The van der Waals surface area contributed by atoms with Crippen molar-refractivity contribution in [3.05, 3.63) is 52.7 Å². The zero-order valence-electron chi connectivity index (χ0n) is 10.8. The molecule has 0 unspecified atom stereocenters. The number of nitrogens with one attached hydrogen (secondary N) is 1. The number of hydrogen-bond donors (Lipinski definition) is 1. The van der Waals surface area contributed by atoms with E-state index in [0.717, 1.165) is 12.2 Å². The van der Waals surface area contributed by atoms with E-state index in [1.165, 1.54) is 0 Å². The van der Waals surface area contributed by atoms with Gasteiger partial charge in [-0.25, -0.2) is 4.98 Å². The molecule has 0 fully saturated rings. The van der Waals surface area contributed by atoms with Gasteiger partial charge in [-0.3, -0.25) is 4.79 Å². The number of aromatic nitrogens is 1. The molecule has 0 radical (unpaired) electrons. The van der Waals surface area contributed by atoms with E-state index in [1.54, 1.807) is 24.6 Å². The van der Waals surface area contributed by atoms with Crippen molar-refractivity contribution in [2.45, 2.75) is 13.0 Å². The number of hydrogen-bond acceptors (Lipinski definition) is 4. The highest BCUT2D eigenvalue weighted by molar-refractivity contribution is 9.10. The van der Waals surface area contributed by atoms with Gasteiger partial charge in [0, 0.05) is 19.3 Å². The van der Waals surface area contributed by atoms with E-state index >= 15 is 0 Å². The Morgan fingerprint density at radius 1 is 1.40 bits per heavy atom. The Hall–Kier alpha value is -1.66. The number of pyridine rings is 1. The number of carbonyl (C=O) groups excluding carboxylic acids is 1. The molecule has 0 aliphatic rings. The van der Waals surface area contributed by atoms with Gasteiger partial charge in [-0.1, -0.05) is 0 Å². The SMILES string of the molecule is O=C(NCCCOCc1ccco1)c1cccnc1Br. The van der Waals surface area contributed by atoms with Crippen molar-refractivity contribution in [3.63, 3.8) is 0 Å². The number of ether oxygens (including phenoxy) is 1. The molecule has 2 heterocycles. The van der Waals surface area contributed by atoms with E-state index in [1.807, 2.05) is 12.1 Å². The third-order valence-corrected chi connectivity index (χ3v) is 3.21. The molecule has 0 bridgehead atoms. The third kappa shape index (κ3) is 4.47. The number of furan rings is 1. The largest absolute Gasteiger partial charge is 0.467 e. The highest BCUT2D eigenvalue weighted by Crippen LogP contribution is 2.11. The van der Waals surface area contributed by atoms with Crippen molar-refractivity contribution in [1.29, 1.82) is 0 Å². The van der Waals surface area contributed by atoms with Crippen LogP contribution in [0.1, 0.15) is 22.5 Å². The van der Waals surface area contributed by atoms with Gasteiger partial charge in [0.15, 0.2) is 0 Å². The molecule has 6 heteroatoms. The summed E-state index contributed by atoms with van der Waals surface area (Å²) in [4.78, 5) is 15.9. The third-order valence-electron chi connectivity index (χ3n) is 2.58. The van der Waals surface area contributed by atoms with E-state index in [-0.39, 0.29) is 5.91 Å². The molecule has 1 amide bonds. The number of halogens is 1. The van der Waals surface area contributed by atoms with Crippen LogP contribution in [0.25, 0.3) is 0 Å². The molecule has 0 aliphatic heterocycles. The first-order valence-corrected chi connectivity index (χ1v) is 7.05. The fraction of sp³-hybridized carbons (Fsp3) is 0.286. The summed E-state index contributed by atoms with van der Waals surface area (Å²) in [6.07, 6.45) is 3.98. The molecular weight excluding hydrogens is 324 g/mol. The lowest BCUT2D eigenvalue weighted by Crippen LogP contribution is -2.25. The monoisotopic (exact) mass is 338 g/mol. The Balaban J connectivity index is 1.61. The van der Waals surface area contributed by atoms with E-state index in [0.29, 0.717) is 29.9 Å². The van der Waals surface area contributed by atoms with Gasteiger partial charge in [-0.05, 0) is 46.6 Å². The molecule has 5 nitrogen and oxygen atoms in total. The zero-order chi connectivity index (χ0) is 14.2. The topological polar surface area (TPSA) is 64.4 Å². The summed E-state index contributed by atoms with van der Waals surface area (Å²) in [6, 6.07) is 7.14. The van der Waals surface area contributed by atoms with Crippen molar-refractivity contribution in [2.24, 2.45) is 0 Å². The molecule has 2 aromatic rings. The number of rotatable bonds is 7. The Morgan fingerprint density at radius 3 is 3.05 bits per heavy atom. The summed E-state index contributed by atoms with van der Waals surface area (Å²) < 4.78 is 11.1. The quantitative estimate of drug-likeness (QED) is 0.622. The first-order valence-electron chi connectivity index (χ1n) is 6.26. The Morgan fingerprint density at radius 2 is 2.30 bits per heavy atom. The number of carbonyl (C=O) groups is 1. The van der Waals surface area contributed by atoms with Crippen molar-refractivity contribution < 1.29 is 13.9 Å². The highest BCUT2D eigenvalue weighted by Gasteiger charge is 2.08. The molecule has 0 spiro atoms. The maximum atomic E-state index is 11.8. The van der Waals surface area contributed by atoms with Crippen molar-refractivity contribution in [3.8, 4) is 0 Å². The minimum atomic E-state index is -0.143. The Kier molecular flexibility index (Phi) is 5.76. The molecule has 0 atom stereocenters. The molecular formula is C14H15BrN2O3. The van der Waals surface area contributed by atoms with Crippen LogP contribution in [-0.4, -0.2) is 24.0 Å². The minimum Gasteiger partial charge on any atom is -0.467 e. The van der Waals surface area contributed by atoms with Gasteiger partial charge in [-0.15, -0.1) is 0 Å². The van der Waals surface area contributed by atoms with Crippen LogP contribution < -0.4 is 5.32 Å². The fourth-order valence-corrected chi connectivity index (χ4v) is 2.02. The second kappa shape index (κ2) is 7.81. The van der Waals surface area contributed by atoms with Crippen molar-refractivity contribution >= 4 is 21.8 Å². The predicted octanol–water partition coefficient (Wildman–Crippen LogP) is 2.77. The molecule has 0 aliphatic carbocycles. The maximum Gasteiger partial charge on any atom is 0.254 e. The van der Waals surface area contributed by atoms with Crippen LogP contribution in [0.5, 0.6) is 0 Å². The zero-order valence-corrected chi connectivity index (χ0v) is 12.4. The maximum absolute atomic E-state index is 11.8. The van der Waals surface area contributed by atoms with Crippen LogP contribution in [0.2, 0.25) is 0 Å².